The lowest BCUT2D eigenvalue weighted by atomic mass is 9.97. The molecule has 1 aromatic heterocycles. The number of benzene rings is 1. The molecule has 0 spiro atoms. The van der Waals surface area contributed by atoms with Crippen LogP contribution in [0.3, 0.4) is 0 Å². The number of rotatable bonds is 3. The molecule has 1 aliphatic rings. The minimum atomic E-state index is -1.43. The number of aryl methyl sites for hydroxylation is 1. The van der Waals surface area contributed by atoms with Crippen LogP contribution in [0.4, 0.5) is 0 Å². The van der Waals surface area contributed by atoms with E-state index in [1.807, 2.05) is 11.6 Å². The molecule has 6 nitrogen and oxygen atoms in total. The van der Waals surface area contributed by atoms with E-state index in [1.54, 1.807) is 30.3 Å². The van der Waals surface area contributed by atoms with E-state index in [9.17, 15) is 9.90 Å². The number of allylic oxidation sites excluding steroid dienone is 1. The monoisotopic (exact) mass is 422 g/mol. The Balaban J connectivity index is 2.26. The molecule has 8 heteroatoms. The van der Waals surface area contributed by atoms with E-state index >= 15 is 0 Å². The summed E-state index contributed by atoms with van der Waals surface area (Å²) in [4.78, 5) is 18.2. The van der Waals surface area contributed by atoms with E-state index in [1.165, 1.54) is 13.8 Å². The van der Waals surface area contributed by atoms with Gasteiger partial charge in [0, 0.05) is 67.7 Å². The second-order valence-electron chi connectivity index (χ2n) is 7.49. The van der Waals surface area contributed by atoms with Crippen molar-refractivity contribution in [2.45, 2.75) is 32.4 Å². The summed E-state index contributed by atoms with van der Waals surface area (Å²) in [5.74, 6) is -0.307. The van der Waals surface area contributed by atoms with Crippen molar-refractivity contribution in [2.24, 2.45) is 17.8 Å². The normalized spacial score (nSPS) is 15.5. The topological polar surface area (TPSA) is 83.8 Å². The van der Waals surface area contributed by atoms with Crippen molar-refractivity contribution in [3.8, 4) is 0 Å². The lowest BCUT2D eigenvalue weighted by molar-refractivity contribution is -0.148. The van der Waals surface area contributed by atoms with Gasteiger partial charge in [-0.3, -0.25) is 9.79 Å². The molecule has 150 valence electrons. The number of hydrogen-bond acceptors (Lipinski definition) is 4. The highest BCUT2D eigenvalue weighted by atomic mass is 35.5. The average Bonchev–Trinajstić information content (AvgIpc) is 2.93. The summed E-state index contributed by atoms with van der Waals surface area (Å²) in [7, 11) is 3.60. The van der Waals surface area contributed by atoms with Gasteiger partial charge in [-0.25, -0.2) is 0 Å². The molecule has 1 aliphatic heterocycles. The number of aromatic nitrogens is 1. The van der Waals surface area contributed by atoms with Crippen LogP contribution in [0.15, 0.2) is 17.1 Å². The predicted molar refractivity (Wildman–Crippen MR) is 115 cm³/mol. The Labute approximate surface area is 174 Å². The molecule has 0 saturated carbocycles. The maximum atomic E-state index is 12.6. The van der Waals surface area contributed by atoms with Crippen molar-refractivity contribution in [1.29, 1.82) is 0 Å². The van der Waals surface area contributed by atoms with Crippen molar-refractivity contribution in [2.75, 3.05) is 13.6 Å². The molecule has 0 bridgehead atoms. The molecule has 28 heavy (non-hydrogen) atoms. The number of fused-ring (bicyclic) bond motifs is 3. The predicted octanol–water partition coefficient (Wildman–Crippen LogP) is 3.14. The standard InChI is InChI=1S/C20H24Cl2N4O2/c1-20(2,28)19(27)26-8-6-15-12(10-26)16-11(14(23)5-7-24-3)9-13(21)17(22)18(16)25(15)4/h5,7,9,28H,6,8,10,23H2,1-4H3. The molecule has 0 saturated heterocycles. The van der Waals surface area contributed by atoms with Crippen molar-refractivity contribution in [3.05, 3.63) is 39.0 Å². The fourth-order valence-corrected chi connectivity index (χ4v) is 4.22. The van der Waals surface area contributed by atoms with E-state index in [0.29, 0.717) is 35.3 Å². The second-order valence-corrected chi connectivity index (χ2v) is 8.28. The number of carbonyl (C=O) groups excluding carboxylic acids is 1. The smallest absolute Gasteiger partial charge is 0.254 e. The summed E-state index contributed by atoms with van der Waals surface area (Å²) >= 11 is 12.9. The fraction of sp³-hybridized carbons (Fsp3) is 0.400. The molecule has 3 N–H and O–H groups in total. The summed E-state index contributed by atoms with van der Waals surface area (Å²) in [6, 6.07) is 1.75. The van der Waals surface area contributed by atoms with Gasteiger partial charge in [-0.15, -0.1) is 0 Å². The van der Waals surface area contributed by atoms with Crippen LogP contribution in [0.5, 0.6) is 0 Å². The van der Waals surface area contributed by atoms with Crippen molar-refractivity contribution < 1.29 is 9.90 Å². The number of nitrogens with two attached hydrogens (primary N) is 1. The highest BCUT2D eigenvalue weighted by Gasteiger charge is 2.34. The SMILES string of the molecule is CN=CC=C(N)c1cc(Cl)c(Cl)c2c1c1c(n2C)CCN(C(=O)C(C)(C)O)C1. The van der Waals surface area contributed by atoms with Gasteiger partial charge in [0.25, 0.3) is 5.91 Å². The number of aliphatic imine (C=N–C) groups is 1. The first-order valence-corrected chi connectivity index (χ1v) is 9.71. The molecule has 0 aliphatic carbocycles. The van der Waals surface area contributed by atoms with Gasteiger partial charge in [0.1, 0.15) is 5.60 Å². The zero-order chi connectivity index (χ0) is 20.8. The molecule has 0 unspecified atom stereocenters. The van der Waals surface area contributed by atoms with Gasteiger partial charge < -0.3 is 20.3 Å². The Hall–Kier alpha value is -2.02. The van der Waals surface area contributed by atoms with Gasteiger partial charge in [-0.1, -0.05) is 23.2 Å². The first-order valence-electron chi connectivity index (χ1n) is 8.96. The Bertz CT molecular complexity index is 1020. The van der Waals surface area contributed by atoms with Gasteiger partial charge in [-0.05, 0) is 26.0 Å². The highest BCUT2D eigenvalue weighted by molar-refractivity contribution is 6.45. The van der Waals surface area contributed by atoms with Gasteiger partial charge in [-0.2, -0.15) is 0 Å². The van der Waals surface area contributed by atoms with Gasteiger partial charge in [0.2, 0.25) is 0 Å². The molecule has 2 aromatic rings. The minimum Gasteiger partial charge on any atom is -0.398 e. The third kappa shape index (κ3) is 3.41. The van der Waals surface area contributed by atoms with E-state index in [2.05, 4.69) is 4.99 Å². The zero-order valence-electron chi connectivity index (χ0n) is 16.4. The highest BCUT2D eigenvalue weighted by Crippen LogP contribution is 2.41. The average molecular weight is 423 g/mol. The number of hydrogen-bond donors (Lipinski definition) is 2. The van der Waals surface area contributed by atoms with Gasteiger partial charge >= 0.3 is 0 Å². The Morgan fingerprint density at radius 2 is 2.07 bits per heavy atom. The maximum absolute atomic E-state index is 12.6. The molecule has 0 fully saturated rings. The summed E-state index contributed by atoms with van der Waals surface area (Å²) in [6.07, 6.45) is 3.97. The third-order valence-corrected chi connectivity index (χ3v) is 5.85. The summed E-state index contributed by atoms with van der Waals surface area (Å²) < 4.78 is 2.02. The molecule has 0 radical (unpaired) electrons. The quantitative estimate of drug-likeness (QED) is 0.744. The molecular weight excluding hydrogens is 399 g/mol. The number of nitrogens with zero attached hydrogens (tertiary/aromatic N) is 3. The third-order valence-electron chi connectivity index (χ3n) is 5.08. The van der Waals surface area contributed by atoms with Crippen LogP contribution in [0.2, 0.25) is 10.0 Å². The molecule has 0 atom stereocenters. The molecule has 2 heterocycles. The van der Waals surface area contributed by atoms with Crippen LogP contribution in [0, 0.1) is 0 Å². The Morgan fingerprint density at radius 3 is 2.68 bits per heavy atom. The van der Waals surface area contributed by atoms with Crippen LogP contribution in [-0.2, 0) is 24.8 Å². The number of halogens is 2. The lowest BCUT2D eigenvalue weighted by Crippen LogP contribution is -2.47. The number of carbonyl (C=O) groups is 1. The number of amides is 1. The summed E-state index contributed by atoms with van der Waals surface area (Å²) in [5, 5.41) is 11.9. The van der Waals surface area contributed by atoms with Crippen LogP contribution in [0.1, 0.15) is 30.7 Å². The minimum absolute atomic E-state index is 0.307. The van der Waals surface area contributed by atoms with E-state index in [0.717, 1.165) is 27.7 Å². The lowest BCUT2D eigenvalue weighted by Gasteiger charge is -2.32. The first-order chi connectivity index (χ1) is 13.1. The van der Waals surface area contributed by atoms with E-state index < -0.39 is 5.60 Å². The molecular formula is C20H24Cl2N4O2. The summed E-state index contributed by atoms with van der Waals surface area (Å²) in [5.41, 5.74) is 8.98. The van der Waals surface area contributed by atoms with Crippen molar-refractivity contribution in [3.63, 3.8) is 0 Å². The first kappa shape index (κ1) is 20.7. The molecule has 1 amide bonds. The van der Waals surface area contributed by atoms with Crippen LogP contribution in [-0.4, -0.2) is 45.9 Å². The molecule has 3 rings (SSSR count). The van der Waals surface area contributed by atoms with E-state index in [4.69, 9.17) is 28.9 Å². The Kier molecular flexibility index (Phi) is 5.49. The van der Waals surface area contributed by atoms with Crippen LogP contribution < -0.4 is 5.73 Å². The Morgan fingerprint density at radius 1 is 1.39 bits per heavy atom. The number of aliphatic hydroxyl groups is 1. The van der Waals surface area contributed by atoms with Crippen molar-refractivity contribution in [1.82, 2.24) is 9.47 Å². The summed E-state index contributed by atoms with van der Waals surface area (Å²) in [6.45, 7) is 3.89. The van der Waals surface area contributed by atoms with Gasteiger partial charge in [0.05, 0.1) is 15.6 Å². The maximum Gasteiger partial charge on any atom is 0.254 e. The molecule has 1 aromatic carbocycles. The second kappa shape index (κ2) is 7.43. The van der Waals surface area contributed by atoms with Crippen LogP contribution in [0.25, 0.3) is 16.6 Å². The van der Waals surface area contributed by atoms with Crippen LogP contribution >= 0.6 is 23.2 Å². The van der Waals surface area contributed by atoms with Crippen molar-refractivity contribution >= 4 is 51.9 Å². The van der Waals surface area contributed by atoms with E-state index in [-0.39, 0.29) is 5.91 Å². The fourth-order valence-electron chi connectivity index (χ4n) is 3.75. The zero-order valence-corrected chi connectivity index (χ0v) is 17.9. The van der Waals surface area contributed by atoms with Gasteiger partial charge in [0.15, 0.2) is 0 Å². The largest absolute Gasteiger partial charge is 0.398 e.